The summed E-state index contributed by atoms with van der Waals surface area (Å²) < 4.78 is 0.727. The van der Waals surface area contributed by atoms with E-state index >= 15 is 0 Å². The normalized spacial score (nSPS) is 9.25. The Bertz CT molecular complexity index is 171. The monoisotopic (exact) mass is 173 g/mol. The summed E-state index contributed by atoms with van der Waals surface area (Å²) in [4.78, 5) is 3.92. The molecule has 1 aromatic rings. The number of rotatable bonds is 0. The molecule has 0 N–H and O–H groups in total. The van der Waals surface area contributed by atoms with E-state index in [1.807, 2.05) is 0 Å². The highest BCUT2D eigenvalue weighted by atomic mass is 79.9. The summed E-state index contributed by atoms with van der Waals surface area (Å²) >= 11 is 3.15. The minimum atomic E-state index is 0.680. The number of nitrogens with zero attached hydrogens (tertiary/aromatic N) is 3. The molecule has 0 aliphatic carbocycles. The molecule has 4 heteroatoms. The van der Waals surface area contributed by atoms with Crippen LogP contribution in [0.3, 0.4) is 0 Å². The van der Waals surface area contributed by atoms with E-state index in [4.69, 9.17) is 0 Å². The lowest BCUT2D eigenvalue weighted by Crippen LogP contribution is -1.88. The van der Waals surface area contributed by atoms with Gasteiger partial charge in [0.2, 0.25) is 0 Å². The molecule has 42 valence electrons. The maximum atomic E-state index is 3.92. The van der Waals surface area contributed by atoms with Gasteiger partial charge >= 0.3 is 0 Å². The lowest BCUT2D eigenvalue weighted by molar-refractivity contribution is 0.893. The van der Waals surface area contributed by atoms with E-state index in [1.54, 1.807) is 13.1 Å². The minimum absolute atomic E-state index is 0.680. The zero-order valence-electron chi connectivity index (χ0n) is 4.30. The van der Waals surface area contributed by atoms with Crippen LogP contribution in [0.2, 0.25) is 0 Å². The average molecular weight is 174 g/mol. The molecule has 8 heavy (non-hydrogen) atoms. The Labute approximate surface area is 55.3 Å². The molecule has 0 aliphatic rings. The van der Waals surface area contributed by atoms with Gasteiger partial charge in [0.05, 0.1) is 6.20 Å². The third-order valence-electron chi connectivity index (χ3n) is 0.635. The van der Waals surface area contributed by atoms with Gasteiger partial charge in [0.1, 0.15) is 10.4 Å². The lowest BCUT2D eigenvalue weighted by Gasteiger charge is -1.86. The Hall–Kier alpha value is -0.510. The van der Waals surface area contributed by atoms with Gasteiger partial charge in [-0.05, 0) is 22.9 Å². The standard InChI is InChI=1S/C4H4BrN3/c1-3-7-4(5)2-6-8-3/h2H,1H3. The predicted molar refractivity (Wildman–Crippen MR) is 32.3 cm³/mol. The molecule has 1 heterocycles. The molecular weight excluding hydrogens is 170 g/mol. The van der Waals surface area contributed by atoms with Crippen LogP contribution in [-0.4, -0.2) is 15.2 Å². The van der Waals surface area contributed by atoms with E-state index in [9.17, 15) is 0 Å². The van der Waals surface area contributed by atoms with Crippen LogP contribution in [-0.2, 0) is 0 Å². The Morgan fingerprint density at radius 2 is 2.38 bits per heavy atom. The van der Waals surface area contributed by atoms with Crippen molar-refractivity contribution in [1.82, 2.24) is 15.2 Å². The average Bonchev–Trinajstić information content (AvgIpc) is 1.64. The van der Waals surface area contributed by atoms with Crippen LogP contribution >= 0.6 is 15.9 Å². The fourth-order valence-electron chi connectivity index (χ4n) is 0.366. The second kappa shape index (κ2) is 2.17. The van der Waals surface area contributed by atoms with Crippen LogP contribution in [0.4, 0.5) is 0 Å². The summed E-state index contributed by atoms with van der Waals surface area (Å²) in [6.07, 6.45) is 1.55. The molecule has 0 spiro atoms. The van der Waals surface area contributed by atoms with Crippen LogP contribution in [0.25, 0.3) is 0 Å². The predicted octanol–water partition coefficient (Wildman–Crippen LogP) is 0.943. The maximum Gasteiger partial charge on any atom is 0.149 e. The molecule has 0 radical (unpaired) electrons. The number of hydrogen-bond acceptors (Lipinski definition) is 3. The van der Waals surface area contributed by atoms with Crippen molar-refractivity contribution >= 4 is 15.9 Å². The minimum Gasteiger partial charge on any atom is -0.223 e. The van der Waals surface area contributed by atoms with Crippen LogP contribution in [0.15, 0.2) is 10.8 Å². The largest absolute Gasteiger partial charge is 0.223 e. The van der Waals surface area contributed by atoms with E-state index in [0.29, 0.717) is 5.82 Å². The molecule has 0 aromatic carbocycles. The fraction of sp³-hybridized carbons (Fsp3) is 0.250. The summed E-state index contributed by atoms with van der Waals surface area (Å²) in [7, 11) is 0. The Balaban J connectivity index is 3.08. The topological polar surface area (TPSA) is 38.7 Å². The molecule has 1 rings (SSSR count). The first kappa shape index (κ1) is 5.62. The van der Waals surface area contributed by atoms with Crippen LogP contribution in [0, 0.1) is 6.92 Å². The molecular formula is C4H4BrN3. The highest BCUT2D eigenvalue weighted by Gasteiger charge is 1.86. The summed E-state index contributed by atoms with van der Waals surface area (Å²) in [6.45, 7) is 1.79. The number of aromatic nitrogens is 3. The van der Waals surface area contributed by atoms with Gasteiger partial charge in [-0.1, -0.05) is 0 Å². The number of aryl methyl sites for hydroxylation is 1. The second-order valence-electron chi connectivity index (χ2n) is 1.33. The van der Waals surface area contributed by atoms with Crippen molar-refractivity contribution in [3.8, 4) is 0 Å². The van der Waals surface area contributed by atoms with E-state index in [-0.39, 0.29) is 0 Å². The van der Waals surface area contributed by atoms with Gasteiger partial charge in [-0.25, -0.2) is 4.98 Å². The first-order chi connectivity index (χ1) is 3.79. The van der Waals surface area contributed by atoms with Gasteiger partial charge in [0.15, 0.2) is 0 Å². The van der Waals surface area contributed by atoms with Crippen molar-refractivity contribution in [3.05, 3.63) is 16.6 Å². The summed E-state index contributed by atoms with van der Waals surface area (Å²) in [5.41, 5.74) is 0. The van der Waals surface area contributed by atoms with Crippen LogP contribution in [0.5, 0.6) is 0 Å². The zero-order chi connectivity index (χ0) is 5.98. The van der Waals surface area contributed by atoms with Gasteiger partial charge in [-0.2, -0.15) is 5.10 Å². The summed E-state index contributed by atoms with van der Waals surface area (Å²) in [5, 5.41) is 7.27. The van der Waals surface area contributed by atoms with Crippen LogP contribution in [0.1, 0.15) is 5.82 Å². The highest BCUT2D eigenvalue weighted by molar-refractivity contribution is 9.10. The Morgan fingerprint density at radius 3 is 2.75 bits per heavy atom. The third kappa shape index (κ3) is 1.23. The molecule has 1 aromatic heterocycles. The van der Waals surface area contributed by atoms with Crippen molar-refractivity contribution < 1.29 is 0 Å². The molecule has 3 nitrogen and oxygen atoms in total. The van der Waals surface area contributed by atoms with Gasteiger partial charge < -0.3 is 0 Å². The molecule has 0 fully saturated rings. The van der Waals surface area contributed by atoms with E-state index in [1.165, 1.54) is 0 Å². The number of hydrogen-bond donors (Lipinski definition) is 0. The highest BCUT2D eigenvalue weighted by Crippen LogP contribution is 1.99. The summed E-state index contributed by atoms with van der Waals surface area (Å²) in [6, 6.07) is 0. The second-order valence-corrected chi connectivity index (χ2v) is 2.14. The smallest absolute Gasteiger partial charge is 0.149 e. The first-order valence-corrected chi connectivity index (χ1v) is 2.90. The Kier molecular flexibility index (Phi) is 1.53. The molecule has 0 bridgehead atoms. The third-order valence-corrected chi connectivity index (χ3v) is 1.02. The fourth-order valence-corrected chi connectivity index (χ4v) is 0.714. The maximum absolute atomic E-state index is 3.92. The molecule has 0 unspecified atom stereocenters. The Morgan fingerprint density at radius 1 is 1.62 bits per heavy atom. The van der Waals surface area contributed by atoms with E-state index in [2.05, 4.69) is 31.1 Å². The lowest BCUT2D eigenvalue weighted by atomic mass is 10.7. The molecule has 0 saturated heterocycles. The van der Waals surface area contributed by atoms with Crippen molar-refractivity contribution in [2.45, 2.75) is 6.92 Å². The van der Waals surface area contributed by atoms with Crippen molar-refractivity contribution in [3.63, 3.8) is 0 Å². The van der Waals surface area contributed by atoms with Gasteiger partial charge in [0.25, 0.3) is 0 Å². The molecule has 0 amide bonds. The molecule has 0 aliphatic heterocycles. The van der Waals surface area contributed by atoms with E-state index in [0.717, 1.165) is 4.60 Å². The first-order valence-electron chi connectivity index (χ1n) is 2.11. The summed E-state index contributed by atoms with van der Waals surface area (Å²) in [5.74, 6) is 0.680. The quantitative estimate of drug-likeness (QED) is 0.587. The van der Waals surface area contributed by atoms with Crippen LogP contribution < -0.4 is 0 Å². The van der Waals surface area contributed by atoms with Crippen molar-refractivity contribution in [1.29, 1.82) is 0 Å². The van der Waals surface area contributed by atoms with Crippen molar-refractivity contribution in [2.75, 3.05) is 0 Å². The zero-order valence-corrected chi connectivity index (χ0v) is 5.88. The van der Waals surface area contributed by atoms with Gasteiger partial charge in [-0.15, -0.1) is 5.10 Å². The van der Waals surface area contributed by atoms with Gasteiger partial charge in [-0.3, -0.25) is 0 Å². The van der Waals surface area contributed by atoms with Crippen molar-refractivity contribution in [2.24, 2.45) is 0 Å². The van der Waals surface area contributed by atoms with E-state index < -0.39 is 0 Å². The van der Waals surface area contributed by atoms with Gasteiger partial charge in [0, 0.05) is 0 Å². The molecule has 0 atom stereocenters. The SMILES string of the molecule is Cc1nncc(Br)n1. The molecule has 0 saturated carbocycles. The number of halogens is 1.